The lowest BCUT2D eigenvalue weighted by Gasteiger charge is -2.12. The van der Waals surface area contributed by atoms with E-state index in [1.165, 1.54) is 0 Å². The maximum atomic E-state index is 5.74. The number of nitrogen functional groups attached to an aromatic ring is 1. The third-order valence-electron chi connectivity index (χ3n) is 2.60. The van der Waals surface area contributed by atoms with Gasteiger partial charge in [0.25, 0.3) is 0 Å². The van der Waals surface area contributed by atoms with Gasteiger partial charge in [0.15, 0.2) is 0 Å². The fourth-order valence-electron chi connectivity index (χ4n) is 1.60. The molecule has 0 unspecified atom stereocenters. The van der Waals surface area contributed by atoms with Gasteiger partial charge < -0.3 is 5.73 Å². The molecular weight excluding hydrogens is 212 g/mol. The van der Waals surface area contributed by atoms with E-state index < -0.39 is 0 Å². The van der Waals surface area contributed by atoms with Crippen LogP contribution in [0.2, 0.25) is 0 Å². The molecule has 0 atom stereocenters. The van der Waals surface area contributed by atoms with Gasteiger partial charge in [0, 0.05) is 17.3 Å². The first kappa shape index (κ1) is 11.6. The van der Waals surface area contributed by atoms with E-state index in [4.69, 9.17) is 5.73 Å². The summed E-state index contributed by atoms with van der Waals surface area (Å²) in [5.74, 6) is 0. The van der Waals surface area contributed by atoms with Crippen LogP contribution in [0.15, 0.2) is 30.5 Å². The molecule has 0 amide bonds. The van der Waals surface area contributed by atoms with Crippen molar-refractivity contribution in [2.75, 3.05) is 5.73 Å². The highest BCUT2D eigenvalue weighted by molar-refractivity contribution is 5.40. The normalized spacial score (nSPS) is 11.7. The summed E-state index contributed by atoms with van der Waals surface area (Å²) in [7, 11) is 0. The zero-order valence-corrected chi connectivity index (χ0v) is 10.5. The van der Waals surface area contributed by atoms with Gasteiger partial charge >= 0.3 is 0 Å². The number of nitrogens with two attached hydrogens (primary N) is 1. The van der Waals surface area contributed by atoms with Gasteiger partial charge in [-0.05, 0) is 17.7 Å². The van der Waals surface area contributed by atoms with E-state index >= 15 is 0 Å². The van der Waals surface area contributed by atoms with Gasteiger partial charge in [-0.2, -0.15) is 0 Å². The first-order valence-corrected chi connectivity index (χ1v) is 5.70. The molecule has 4 nitrogen and oxygen atoms in total. The van der Waals surface area contributed by atoms with Gasteiger partial charge in [-0.1, -0.05) is 38.1 Å². The molecule has 0 fully saturated rings. The summed E-state index contributed by atoms with van der Waals surface area (Å²) < 4.78 is 1.84. The van der Waals surface area contributed by atoms with Gasteiger partial charge in [0.05, 0.1) is 12.2 Å². The maximum absolute atomic E-state index is 5.74. The van der Waals surface area contributed by atoms with Crippen LogP contribution in [0.25, 0.3) is 0 Å². The number of rotatable bonds is 2. The number of benzene rings is 1. The molecule has 4 heteroatoms. The molecule has 1 aromatic carbocycles. The highest BCUT2D eigenvalue weighted by atomic mass is 15.4. The Morgan fingerprint density at radius 3 is 2.65 bits per heavy atom. The summed E-state index contributed by atoms with van der Waals surface area (Å²) in [6.07, 6.45) is 1.99. The second-order valence-electron chi connectivity index (χ2n) is 5.30. The van der Waals surface area contributed by atoms with E-state index in [0.717, 1.165) is 16.9 Å². The molecule has 0 aliphatic heterocycles. The molecule has 0 bridgehead atoms. The fourth-order valence-corrected chi connectivity index (χ4v) is 1.60. The van der Waals surface area contributed by atoms with Crippen LogP contribution in [-0.4, -0.2) is 15.0 Å². The monoisotopic (exact) mass is 230 g/mol. The molecule has 2 N–H and O–H groups in total. The smallest absolute Gasteiger partial charge is 0.0880 e. The van der Waals surface area contributed by atoms with E-state index in [1.54, 1.807) is 0 Å². The van der Waals surface area contributed by atoms with Gasteiger partial charge in [0.2, 0.25) is 0 Å². The van der Waals surface area contributed by atoms with Crippen molar-refractivity contribution in [3.05, 3.63) is 41.7 Å². The minimum atomic E-state index is 0.0357. The van der Waals surface area contributed by atoms with Crippen LogP contribution < -0.4 is 5.73 Å². The lowest BCUT2D eigenvalue weighted by Crippen LogP contribution is -2.11. The largest absolute Gasteiger partial charge is 0.399 e. The van der Waals surface area contributed by atoms with Crippen LogP contribution in [-0.2, 0) is 12.0 Å². The highest BCUT2D eigenvalue weighted by Gasteiger charge is 2.17. The van der Waals surface area contributed by atoms with E-state index in [0.29, 0.717) is 6.54 Å². The second-order valence-corrected chi connectivity index (χ2v) is 5.30. The lowest BCUT2D eigenvalue weighted by atomic mass is 9.93. The Balaban J connectivity index is 2.17. The van der Waals surface area contributed by atoms with Crippen molar-refractivity contribution in [1.29, 1.82) is 0 Å². The fraction of sp³-hybridized carbons (Fsp3) is 0.385. The molecule has 0 radical (unpaired) electrons. The van der Waals surface area contributed by atoms with E-state index in [9.17, 15) is 0 Å². The molecule has 0 saturated heterocycles. The van der Waals surface area contributed by atoms with Crippen molar-refractivity contribution in [3.63, 3.8) is 0 Å². The van der Waals surface area contributed by atoms with Crippen molar-refractivity contribution in [2.45, 2.75) is 32.7 Å². The summed E-state index contributed by atoms with van der Waals surface area (Å²) >= 11 is 0. The Morgan fingerprint density at radius 1 is 1.29 bits per heavy atom. The van der Waals surface area contributed by atoms with E-state index in [2.05, 4.69) is 31.1 Å². The molecule has 0 aliphatic rings. The summed E-state index contributed by atoms with van der Waals surface area (Å²) in [5, 5.41) is 8.32. The zero-order chi connectivity index (χ0) is 12.5. The van der Waals surface area contributed by atoms with Crippen molar-refractivity contribution < 1.29 is 0 Å². The molecule has 0 saturated carbocycles. The summed E-state index contributed by atoms with van der Waals surface area (Å²) in [5.41, 5.74) is 8.69. The van der Waals surface area contributed by atoms with E-state index in [1.807, 2.05) is 35.1 Å². The van der Waals surface area contributed by atoms with Crippen molar-refractivity contribution in [2.24, 2.45) is 0 Å². The maximum Gasteiger partial charge on any atom is 0.0880 e. The third-order valence-corrected chi connectivity index (χ3v) is 2.60. The second kappa shape index (κ2) is 4.20. The number of aromatic nitrogens is 3. The summed E-state index contributed by atoms with van der Waals surface area (Å²) in [6.45, 7) is 7.08. The molecule has 1 aromatic heterocycles. The Labute approximate surface area is 101 Å². The Kier molecular flexibility index (Phi) is 2.88. The minimum absolute atomic E-state index is 0.0357. The number of hydrogen-bond acceptors (Lipinski definition) is 3. The molecule has 1 heterocycles. The average Bonchev–Trinajstić information content (AvgIpc) is 2.65. The van der Waals surface area contributed by atoms with Gasteiger partial charge in [0.1, 0.15) is 0 Å². The molecule has 2 rings (SSSR count). The average molecular weight is 230 g/mol. The highest BCUT2D eigenvalue weighted by Crippen LogP contribution is 2.19. The van der Waals surface area contributed by atoms with Crippen LogP contribution in [0.3, 0.4) is 0 Å². The first-order valence-electron chi connectivity index (χ1n) is 5.70. The van der Waals surface area contributed by atoms with Gasteiger partial charge in [-0.15, -0.1) is 5.10 Å². The van der Waals surface area contributed by atoms with Crippen LogP contribution in [0.4, 0.5) is 5.69 Å². The Hall–Kier alpha value is -1.84. The molecule has 90 valence electrons. The zero-order valence-electron chi connectivity index (χ0n) is 10.5. The predicted molar refractivity (Wildman–Crippen MR) is 68.7 cm³/mol. The van der Waals surface area contributed by atoms with Crippen LogP contribution >= 0.6 is 0 Å². The topological polar surface area (TPSA) is 56.7 Å². The Bertz CT molecular complexity index is 508. The molecule has 2 aromatic rings. The van der Waals surface area contributed by atoms with Crippen LogP contribution in [0.1, 0.15) is 32.0 Å². The number of nitrogens with zero attached hydrogens (tertiary/aromatic N) is 3. The lowest BCUT2D eigenvalue weighted by molar-refractivity contribution is 0.566. The molecule has 0 spiro atoms. The molecule has 17 heavy (non-hydrogen) atoms. The number of anilines is 1. The standard InChI is InChI=1S/C13H18N4/c1-13(2,3)12-9-17(16-15-12)8-10-5-4-6-11(14)7-10/h4-7,9H,8,14H2,1-3H3. The van der Waals surface area contributed by atoms with Crippen molar-refractivity contribution in [1.82, 2.24) is 15.0 Å². The van der Waals surface area contributed by atoms with Crippen LogP contribution in [0, 0.1) is 0 Å². The van der Waals surface area contributed by atoms with Gasteiger partial charge in [-0.3, -0.25) is 0 Å². The minimum Gasteiger partial charge on any atom is -0.399 e. The quantitative estimate of drug-likeness (QED) is 0.805. The third kappa shape index (κ3) is 2.84. The molecule has 0 aliphatic carbocycles. The Morgan fingerprint density at radius 2 is 2.06 bits per heavy atom. The van der Waals surface area contributed by atoms with Crippen molar-refractivity contribution >= 4 is 5.69 Å². The summed E-state index contributed by atoms with van der Waals surface area (Å²) in [4.78, 5) is 0. The van der Waals surface area contributed by atoms with Crippen LogP contribution in [0.5, 0.6) is 0 Å². The van der Waals surface area contributed by atoms with Gasteiger partial charge in [-0.25, -0.2) is 4.68 Å². The van der Waals surface area contributed by atoms with Crippen molar-refractivity contribution in [3.8, 4) is 0 Å². The number of hydrogen-bond donors (Lipinski definition) is 1. The first-order chi connectivity index (χ1) is 7.95. The van der Waals surface area contributed by atoms with E-state index in [-0.39, 0.29) is 5.41 Å². The SMILES string of the molecule is CC(C)(C)c1cn(Cc2cccc(N)c2)nn1. The summed E-state index contributed by atoms with van der Waals surface area (Å²) in [6, 6.07) is 7.82. The predicted octanol–water partition coefficient (Wildman–Crippen LogP) is 2.21. The molecular formula is C13H18N4.